The number of rotatable bonds is 5. The van der Waals surface area contributed by atoms with Crippen LogP contribution in [0.3, 0.4) is 0 Å². The fourth-order valence-corrected chi connectivity index (χ4v) is 2.78. The Morgan fingerprint density at radius 2 is 2.05 bits per heavy atom. The third kappa shape index (κ3) is 3.74. The van der Waals surface area contributed by atoms with Gasteiger partial charge in [0.1, 0.15) is 0 Å². The van der Waals surface area contributed by atoms with Crippen molar-refractivity contribution in [3.63, 3.8) is 0 Å². The van der Waals surface area contributed by atoms with Gasteiger partial charge in [-0.2, -0.15) is 0 Å². The summed E-state index contributed by atoms with van der Waals surface area (Å²) in [7, 11) is 0. The van der Waals surface area contributed by atoms with E-state index in [4.69, 9.17) is 0 Å². The number of hydrogen-bond donors (Lipinski definition) is 1. The number of nitrogens with one attached hydrogen (secondary N) is 1. The number of pyridine rings is 1. The molecule has 21 heavy (non-hydrogen) atoms. The van der Waals surface area contributed by atoms with Crippen LogP contribution in [0.15, 0.2) is 42.6 Å². The van der Waals surface area contributed by atoms with Crippen LogP contribution in [0, 0.1) is 0 Å². The zero-order valence-corrected chi connectivity index (χ0v) is 13.2. The van der Waals surface area contributed by atoms with Crippen molar-refractivity contribution in [3.05, 3.63) is 59.4 Å². The predicted octanol–water partition coefficient (Wildman–Crippen LogP) is 3.49. The Balaban J connectivity index is 0.00000161. The van der Waals surface area contributed by atoms with Crippen LogP contribution >= 0.6 is 12.4 Å². The smallest absolute Gasteiger partial charge is 0.0544 e. The third-order valence-corrected chi connectivity index (χ3v) is 3.89. The van der Waals surface area contributed by atoms with Gasteiger partial charge >= 0.3 is 0 Å². The Hall–Kier alpha value is -1.58. The van der Waals surface area contributed by atoms with Gasteiger partial charge in [-0.3, -0.25) is 9.88 Å². The summed E-state index contributed by atoms with van der Waals surface area (Å²) < 4.78 is 0. The fraction of sp³-hybridized carbons (Fsp3) is 0.353. The van der Waals surface area contributed by atoms with E-state index < -0.39 is 0 Å². The molecule has 4 heteroatoms. The second-order valence-corrected chi connectivity index (χ2v) is 5.25. The average Bonchev–Trinajstić information content (AvgIpc) is 2.97. The van der Waals surface area contributed by atoms with E-state index in [2.05, 4.69) is 52.5 Å². The van der Waals surface area contributed by atoms with Gasteiger partial charge in [0.2, 0.25) is 0 Å². The Morgan fingerprint density at radius 3 is 2.81 bits per heavy atom. The zero-order valence-electron chi connectivity index (χ0n) is 12.4. The molecule has 0 bridgehead atoms. The van der Waals surface area contributed by atoms with E-state index in [-0.39, 0.29) is 12.4 Å². The molecule has 0 saturated heterocycles. The minimum absolute atomic E-state index is 0. The van der Waals surface area contributed by atoms with Crippen LogP contribution in [0.1, 0.15) is 23.7 Å². The number of anilines is 1. The monoisotopic (exact) mass is 303 g/mol. The van der Waals surface area contributed by atoms with E-state index in [0.717, 1.165) is 38.3 Å². The van der Waals surface area contributed by atoms with Crippen molar-refractivity contribution in [3.8, 4) is 0 Å². The number of fused-ring (bicyclic) bond motifs is 1. The van der Waals surface area contributed by atoms with Crippen molar-refractivity contribution in [2.24, 2.45) is 0 Å². The molecule has 0 fully saturated rings. The highest BCUT2D eigenvalue weighted by molar-refractivity contribution is 5.85. The van der Waals surface area contributed by atoms with Gasteiger partial charge in [0.15, 0.2) is 0 Å². The Kier molecular flexibility index (Phi) is 5.59. The minimum atomic E-state index is 0. The first-order chi connectivity index (χ1) is 9.86. The minimum Gasteiger partial charge on any atom is -0.384 e. The summed E-state index contributed by atoms with van der Waals surface area (Å²) in [6.07, 6.45) is 3.01. The maximum Gasteiger partial charge on any atom is 0.0544 e. The molecule has 1 N–H and O–H groups in total. The number of para-hydroxylation sites is 1. The van der Waals surface area contributed by atoms with Crippen LogP contribution in [0.25, 0.3) is 0 Å². The lowest BCUT2D eigenvalue weighted by Gasteiger charge is -2.21. The summed E-state index contributed by atoms with van der Waals surface area (Å²) in [5, 5.41) is 3.52. The van der Waals surface area contributed by atoms with Crippen LogP contribution < -0.4 is 5.32 Å². The van der Waals surface area contributed by atoms with E-state index in [0.29, 0.717) is 0 Å². The quantitative estimate of drug-likeness (QED) is 0.916. The van der Waals surface area contributed by atoms with E-state index >= 15 is 0 Å². The summed E-state index contributed by atoms with van der Waals surface area (Å²) in [5.74, 6) is 0. The molecular weight excluding hydrogens is 282 g/mol. The summed E-state index contributed by atoms with van der Waals surface area (Å²) in [4.78, 5) is 6.85. The highest BCUT2D eigenvalue weighted by Crippen LogP contribution is 2.27. The fourth-order valence-electron chi connectivity index (χ4n) is 2.78. The van der Waals surface area contributed by atoms with Gasteiger partial charge < -0.3 is 5.32 Å². The molecule has 0 atom stereocenters. The molecule has 1 aliphatic rings. The molecule has 3 nitrogen and oxygen atoms in total. The molecule has 0 saturated carbocycles. The molecule has 1 aliphatic heterocycles. The number of halogens is 1. The maximum absolute atomic E-state index is 4.42. The normalized spacial score (nSPS) is 12.7. The van der Waals surface area contributed by atoms with Crippen molar-refractivity contribution < 1.29 is 0 Å². The topological polar surface area (TPSA) is 28.2 Å². The number of aromatic nitrogens is 1. The predicted molar refractivity (Wildman–Crippen MR) is 89.9 cm³/mol. The lowest BCUT2D eigenvalue weighted by atomic mass is 10.1. The molecule has 112 valence electrons. The first-order valence-corrected chi connectivity index (χ1v) is 7.33. The molecule has 1 aromatic heterocycles. The molecular formula is C17H22ClN3. The van der Waals surface area contributed by atoms with Crippen LogP contribution in [0.4, 0.5) is 5.69 Å². The van der Waals surface area contributed by atoms with Crippen LogP contribution in [-0.4, -0.2) is 23.0 Å². The van der Waals surface area contributed by atoms with Gasteiger partial charge in [0, 0.05) is 31.5 Å². The Labute approximate surface area is 132 Å². The number of nitrogens with zero attached hydrogens (tertiary/aromatic N) is 2. The molecule has 0 amide bonds. The number of hydrogen-bond acceptors (Lipinski definition) is 3. The SMILES string of the molecule is CCN(Cc1ccccn1)Cc1cccc2c1NCC2.Cl. The van der Waals surface area contributed by atoms with Gasteiger partial charge in [-0.1, -0.05) is 31.2 Å². The van der Waals surface area contributed by atoms with Crippen molar-refractivity contribution >= 4 is 18.1 Å². The van der Waals surface area contributed by atoms with Gasteiger partial charge in [0.25, 0.3) is 0 Å². The molecule has 3 rings (SSSR count). The Morgan fingerprint density at radius 1 is 1.14 bits per heavy atom. The molecule has 0 spiro atoms. The summed E-state index contributed by atoms with van der Waals surface area (Å²) >= 11 is 0. The van der Waals surface area contributed by atoms with E-state index in [9.17, 15) is 0 Å². The van der Waals surface area contributed by atoms with E-state index in [1.807, 2.05) is 12.3 Å². The summed E-state index contributed by atoms with van der Waals surface area (Å²) in [6.45, 7) is 6.18. The van der Waals surface area contributed by atoms with Gasteiger partial charge in [-0.05, 0) is 36.2 Å². The molecule has 2 aromatic rings. The van der Waals surface area contributed by atoms with Crippen molar-refractivity contribution in [1.82, 2.24) is 9.88 Å². The average molecular weight is 304 g/mol. The van der Waals surface area contributed by atoms with Crippen LogP contribution in [0.5, 0.6) is 0 Å². The van der Waals surface area contributed by atoms with E-state index in [1.165, 1.54) is 16.8 Å². The Bertz CT molecular complexity index is 572. The second kappa shape index (κ2) is 7.43. The zero-order chi connectivity index (χ0) is 13.8. The third-order valence-electron chi connectivity index (χ3n) is 3.89. The largest absolute Gasteiger partial charge is 0.384 e. The first-order valence-electron chi connectivity index (χ1n) is 7.33. The molecule has 0 aliphatic carbocycles. The van der Waals surface area contributed by atoms with Gasteiger partial charge in [0.05, 0.1) is 5.69 Å². The summed E-state index contributed by atoms with van der Waals surface area (Å²) in [6, 6.07) is 12.8. The molecule has 1 aromatic carbocycles. The first kappa shape index (κ1) is 15.8. The highest BCUT2D eigenvalue weighted by atomic mass is 35.5. The maximum atomic E-state index is 4.42. The molecule has 2 heterocycles. The van der Waals surface area contributed by atoms with E-state index in [1.54, 1.807) is 0 Å². The van der Waals surface area contributed by atoms with Crippen molar-refractivity contribution in [2.45, 2.75) is 26.4 Å². The molecule has 0 unspecified atom stereocenters. The van der Waals surface area contributed by atoms with Crippen molar-refractivity contribution in [2.75, 3.05) is 18.4 Å². The lowest BCUT2D eigenvalue weighted by molar-refractivity contribution is 0.268. The number of benzene rings is 1. The van der Waals surface area contributed by atoms with Crippen molar-refractivity contribution in [1.29, 1.82) is 0 Å². The second-order valence-electron chi connectivity index (χ2n) is 5.25. The standard InChI is InChI=1S/C17H21N3.ClH/c1-2-20(13-16-8-3-4-10-18-16)12-15-7-5-6-14-9-11-19-17(14)15;/h3-8,10,19H,2,9,11-13H2,1H3;1H. The molecule has 0 radical (unpaired) electrons. The lowest BCUT2D eigenvalue weighted by Crippen LogP contribution is -2.23. The highest BCUT2D eigenvalue weighted by Gasteiger charge is 2.15. The van der Waals surface area contributed by atoms with Gasteiger partial charge in [-0.15, -0.1) is 12.4 Å². The van der Waals surface area contributed by atoms with Crippen LogP contribution in [-0.2, 0) is 19.5 Å². The van der Waals surface area contributed by atoms with Crippen LogP contribution in [0.2, 0.25) is 0 Å². The van der Waals surface area contributed by atoms with Gasteiger partial charge in [-0.25, -0.2) is 0 Å². The summed E-state index contributed by atoms with van der Waals surface area (Å²) in [5.41, 5.74) is 5.34.